The Bertz CT molecular complexity index is 512. The van der Waals surface area contributed by atoms with Crippen molar-refractivity contribution >= 4 is 23.2 Å². The molecule has 0 atom stereocenters. The topological polar surface area (TPSA) is 72.2 Å². The van der Waals surface area contributed by atoms with E-state index in [9.17, 15) is 14.9 Å². The van der Waals surface area contributed by atoms with E-state index >= 15 is 0 Å². The standard InChI is InChI=1S/C12H13ClN2O3/c1-8-6-9(15(17)18)2-3-10(8)11(16)14-12(7-13)4-5-12/h2-3,6H,4-5,7H2,1H3,(H,14,16). The highest BCUT2D eigenvalue weighted by molar-refractivity contribution is 6.19. The van der Waals surface area contributed by atoms with E-state index < -0.39 is 4.92 Å². The van der Waals surface area contributed by atoms with Gasteiger partial charge >= 0.3 is 0 Å². The third-order valence-electron chi connectivity index (χ3n) is 3.15. The minimum Gasteiger partial charge on any atom is -0.345 e. The molecule has 0 bridgehead atoms. The second kappa shape index (κ2) is 4.57. The van der Waals surface area contributed by atoms with Crippen LogP contribution in [-0.4, -0.2) is 22.2 Å². The van der Waals surface area contributed by atoms with E-state index in [2.05, 4.69) is 5.32 Å². The number of amides is 1. The number of rotatable bonds is 4. The van der Waals surface area contributed by atoms with Crippen LogP contribution in [0.4, 0.5) is 5.69 Å². The Balaban J connectivity index is 2.18. The summed E-state index contributed by atoms with van der Waals surface area (Å²) in [6.07, 6.45) is 1.77. The summed E-state index contributed by atoms with van der Waals surface area (Å²) in [7, 11) is 0. The van der Waals surface area contributed by atoms with Gasteiger partial charge in [0.1, 0.15) is 0 Å². The van der Waals surface area contributed by atoms with Gasteiger partial charge in [-0.3, -0.25) is 14.9 Å². The number of nitrogens with zero attached hydrogens (tertiary/aromatic N) is 1. The molecule has 1 aromatic rings. The summed E-state index contributed by atoms with van der Waals surface area (Å²) < 4.78 is 0. The number of nitrogens with one attached hydrogen (secondary N) is 1. The van der Waals surface area contributed by atoms with Crippen LogP contribution in [0.5, 0.6) is 0 Å². The normalized spacial score (nSPS) is 16.1. The average molecular weight is 269 g/mol. The van der Waals surface area contributed by atoms with Crippen LogP contribution in [0.15, 0.2) is 18.2 Å². The Labute approximate surface area is 109 Å². The van der Waals surface area contributed by atoms with E-state index in [1.807, 2.05) is 0 Å². The molecule has 1 N–H and O–H groups in total. The highest BCUT2D eigenvalue weighted by Gasteiger charge is 2.43. The van der Waals surface area contributed by atoms with Gasteiger partial charge in [-0.2, -0.15) is 0 Å². The van der Waals surface area contributed by atoms with Gasteiger partial charge in [-0.15, -0.1) is 11.6 Å². The molecule has 0 saturated heterocycles. The maximum atomic E-state index is 12.0. The van der Waals surface area contributed by atoms with Crippen LogP contribution in [0.3, 0.4) is 0 Å². The fourth-order valence-corrected chi connectivity index (χ4v) is 2.10. The van der Waals surface area contributed by atoms with E-state index in [4.69, 9.17) is 11.6 Å². The number of nitro benzene ring substituents is 1. The van der Waals surface area contributed by atoms with Crippen molar-refractivity contribution < 1.29 is 9.72 Å². The minimum absolute atomic E-state index is 0.0115. The van der Waals surface area contributed by atoms with Crippen molar-refractivity contribution in [1.82, 2.24) is 5.32 Å². The van der Waals surface area contributed by atoms with Crippen molar-refractivity contribution in [2.75, 3.05) is 5.88 Å². The highest BCUT2D eigenvalue weighted by Crippen LogP contribution is 2.36. The third kappa shape index (κ3) is 2.46. The van der Waals surface area contributed by atoms with E-state index in [0.717, 1.165) is 12.8 Å². The first-order chi connectivity index (χ1) is 8.47. The molecule has 96 valence electrons. The van der Waals surface area contributed by atoms with E-state index in [0.29, 0.717) is 17.0 Å². The maximum absolute atomic E-state index is 12.0. The lowest BCUT2D eigenvalue weighted by molar-refractivity contribution is -0.384. The average Bonchev–Trinajstić information content (AvgIpc) is 3.09. The van der Waals surface area contributed by atoms with Crippen molar-refractivity contribution in [1.29, 1.82) is 0 Å². The molecule has 0 heterocycles. The molecule has 5 nitrogen and oxygen atoms in total. The summed E-state index contributed by atoms with van der Waals surface area (Å²) in [5, 5.41) is 13.5. The molecule has 1 aliphatic carbocycles. The SMILES string of the molecule is Cc1cc([N+](=O)[O-])ccc1C(=O)NC1(CCl)CC1. The molecule has 1 amide bonds. The molecule has 1 saturated carbocycles. The van der Waals surface area contributed by atoms with Gasteiger partial charge in [0, 0.05) is 23.6 Å². The third-order valence-corrected chi connectivity index (χ3v) is 3.67. The number of aryl methyl sites for hydroxylation is 1. The molecule has 0 radical (unpaired) electrons. The number of hydrogen-bond donors (Lipinski definition) is 1. The lowest BCUT2D eigenvalue weighted by Crippen LogP contribution is -2.38. The van der Waals surface area contributed by atoms with Crippen LogP contribution in [-0.2, 0) is 0 Å². The number of hydrogen-bond acceptors (Lipinski definition) is 3. The Morgan fingerprint density at radius 3 is 2.67 bits per heavy atom. The van der Waals surface area contributed by atoms with Crippen LogP contribution in [0, 0.1) is 17.0 Å². The summed E-state index contributed by atoms with van der Waals surface area (Å²) in [5.41, 5.74) is 0.763. The van der Waals surface area contributed by atoms with Gasteiger partial charge in [0.05, 0.1) is 10.5 Å². The second-order valence-electron chi connectivity index (χ2n) is 4.62. The number of benzene rings is 1. The zero-order valence-corrected chi connectivity index (χ0v) is 10.7. The van der Waals surface area contributed by atoms with Crippen LogP contribution >= 0.6 is 11.6 Å². The zero-order chi connectivity index (χ0) is 13.3. The number of non-ortho nitro benzene ring substituents is 1. The molecule has 0 unspecified atom stereocenters. The molecule has 2 rings (SSSR count). The molecule has 1 fully saturated rings. The predicted octanol–water partition coefficient (Wildman–Crippen LogP) is 2.40. The number of carbonyl (C=O) groups excluding carboxylic acids is 1. The van der Waals surface area contributed by atoms with Crippen LogP contribution in [0.2, 0.25) is 0 Å². The van der Waals surface area contributed by atoms with Crippen LogP contribution in [0.1, 0.15) is 28.8 Å². The Morgan fingerprint density at radius 1 is 1.56 bits per heavy atom. The first-order valence-corrected chi connectivity index (χ1v) is 6.14. The monoisotopic (exact) mass is 268 g/mol. The number of alkyl halides is 1. The molecule has 0 aliphatic heterocycles. The molecule has 18 heavy (non-hydrogen) atoms. The van der Waals surface area contributed by atoms with Crippen molar-refractivity contribution in [3.8, 4) is 0 Å². The van der Waals surface area contributed by atoms with Gasteiger partial charge in [0.25, 0.3) is 11.6 Å². The number of halogens is 1. The van der Waals surface area contributed by atoms with E-state index in [-0.39, 0.29) is 17.1 Å². The van der Waals surface area contributed by atoms with Crippen LogP contribution in [0.25, 0.3) is 0 Å². The highest BCUT2D eigenvalue weighted by atomic mass is 35.5. The van der Waals surface area contributed by atoms with Gasteiger partial charge < -0.3 is 5.32 Å². The second-order valence-corrected chi connectivity index (χ2v) is 4.89. The number of carbonyl (C=O) groups is 1. The lowest BCUT2D eigenvalue weighted by atomic mass is 10.1. The fraction of sp³-hybridized carbons (Fsp3) is 0.417. The molecule has 6 heteroatoms. The van der Waals surface area contributed by atoms with E-state index in [1.54, 1.807) is 6.92 Å². The summed E-state index contributed by atoms with van der Waals surface area (Å²) in [6.45, 7) is 1.68. The maximum Gasteiger partial charge on any atom is 0.269 e. The quantitative estimate of drug-likeness (QED) is 0.518. The van der Waals surface area contributed by atoms with Gasteiger partial charge in [0.15, 0.2) is 0 Å². The molecular formula is C12H13ClN2O3. The smallest absolute Gasteiger partial charge is 0.269 e. The fourth-order valence-electron chi connectivity index (χ4n) is 1.77. The first kappa shape index (κ1) is 12.8. The van der Waals surface area contributed by atoms with Crippen molar-refractivity contribution in [2.24, 2.45) is 0 Å². The molecule has 0 spiro atoms. The van der Waals surface area contributed by atoms with Crippen LogP contribution < -0.4 is 5.32 Å². The van der Waals surface area contributed by atoms with Gasteiger partial charge in [-0.25, -0.2) is 0 Å². The lowest BCUT2D eigenvalue weighted by Gasteiger charge is -2.14. The first-order valence-electron chi connectivity index (χ1n) is 5.61. The molecule has 0 aromatic heterocycles. The van der Waals surface area contributed by atoms with Gasteiger partial charge in [-0.1, -0.05) is 0 Å². The molecule has 1 aromatic carbocycles. The molecule has 1 aliphatic rings. The van der Waals surface area contributed by atoms with Crippen molar-refractivity contribution in [3.05, 3.63) is 39.4 Å². The largest absolute Gasteiger partial charge is 0.345 e. The summed E-state index contributed by atoms with van der Waals surface area (Å²) >= 11 is 5.79. The molecular weight excluding hydrogens is 256 g/mol. The Kier molecular flexibility index (Phi) is 3.26. The number of nitro groups is 1. The summed E-state index contributed by atoms with van der Waals surface area (Å²) in [5.74, 6) is 0.172. The van der Waals surface area contributed by atoms with Crippen molar-refractivity contribution in [3.63, 3.8) is 0 Å². The zero-order valence-electron chi connectivity index (χ0n) is 9.90. The Hall–Kier alpha value is -1.62. The summed E-state index contributed by atoms with van der Waals surface area (Å²) in [4.78, 5) is 22.2. The predicted molar refractivity (Wildman–Crippen MR) is 68.0 cm³/mol. The van der Waals surface area contributed by atoms with Gasteiger partial charge in [0.2, 0.25) is 0 Å². The Morgan fingerprint density at radius 2 is 2.22 bits per heavy atom. The summed E-state index contributed by atoms with van der Waals surface area (Å²) in [6, 6.07) is 4.21. The van der Waals surface area contributed by atoms with Gasteiger partial charge in [-0.05, 0) is 31.4 Å². The van der Waals surface area contributed by atoms with E-state index in [1.165, 1.54) is 18.2 Å². The minimum atomic E-state index is -0.476. The van der Waals surface area contributed by atoms with Crippen molar-refractivity contribution in [2.45, 2.75) is 25.3 Å².